The second-order valence-corrected chi connectivity index (χ2v) is 3.10. The summed E-state index contributed by atoms with van der Waals surface area (Å²) >= 11 is 0. The summed E-state index contributed by atoms with van der Waals surface area (Å²) in [4.78, 5) is 23.2. The van der Waals surface area contributed by atoms with Crippen LogP contribution in [0.1, 0.15) is 6.42 Å². The SMILES string of the molecule is O=C([O-])NCCC(=O)N1CCNCC1. The number of carbonyl (C=O) groups is 2. The van der Waals surface area contributed by atoms with Gasteiger partial charge in [0, 0.05) is 39.1 Å². The van der Waals surface area contributed by atoms with Crippen molar-refractivity contribution >= 4 is 12.0 Å². The van der Waals surface area contributed by atoms with Gasteiger partial charge in [-0.2, -0.15) is 0 Å². The van der Waals surface area contributed by atoms with Gasteiger partial charge in [-0.3, -0.25) is 4.79 Å². The minimum Gasteiger partial charge on any atom is -0.530 e. The van der Waals surface area contributed by atoms with Gasteiger partial charge in [-0.1, -0.05) is 0 Å². The van der Waals surface area contributed by atoms with E-state index in [0.29, 0.717) is 13.1 Å². The zero-order valence-corrected chi connectivity index (χ0v) is 7.91. The molecule has 0 radical (unpaired) electrons. The lowest BCUT2D eigenvalue weighted by molar-refractivity contribution is -0.250. The molecular formula is C8H14N3O3-. The van der Waals surface area contributed by atoms with Gasteiger partial charge in [0.1, 0.15) is 6.09 Å². The Hall–Kier alpha value is -1.30. The van der Waals surface area contributed by atoms with Crippen LogP contribution in [0.5, 0.6) is 0 Å². The lowest BCUT2D eigenvalue weighted by Crippen LogP contribution is -2.47. The monoisotopic (exact) mass is 200 g/mol. The molecule has 14 heavy (non-hydrogen) atoms. The molecule has 0 aromatic heterocycles. The van der Waals surface area contributed by atoms with Gasteiger partial charge in [0.05, 0.1) is 0 Å². The van der Waals surface area contributed by atoms with E-state index >= 15 is 0 Å². The van der Waals surface area contributed by atoms with Gasteiger partial charge in [0.15, 0.2) is 0 Å². The summed E-state index contributed by atoms with van der Waals surface area (Å²) in [7, 11) is 0. The average Bonchev–Trinajstić information content (AvgIpc) is 2.18. The molecular weight excluding hydrogens is 186 g/mol. The second-order valence-electron chi connectivity index (χ2n) is 3.10. The van der Waals surface area contributed by atoms with E-state index in [9.17, 15) is 14.7 Å². The van der Waals surface area contributed by atoms with Crippen molar-refractivity contribution in [1.29, 1.82) is 0 Å². The first-order valence-electron chi connectivity index (χ1n) is 4.63. The molecule has 0 saturated carbocycles. The first-order chi connectivity index (χ1) is 6.70. The summed E-state index contributed by atoms with van der Waals surface area (Å²) < 4.78 is 0. The molecule has 0 atom stereocenters. The number of hydrogen-bond donors (Lipinski definition) is 2. The molecule has 1 aliphatic heterocycles. The maximum absolute atomic E-state index is 11.4. The third-order valence-electron chi connectivity index (χ3n) is 2.08. The molecule has 6 nitrogen and oxygen atoms in total. The summed E-state index contributed by atoms with van der Waals surface area (Å²) in [5, 5.41) is 15.2. The molecule has 0 unspecified atom stereocenters. The van der Waals surface area contributed by atoms with E-state index in [0.717, 1.165) is 13.1 Å². The van der Waals surface area contributed by atoms with Crippen LogP contribution in [-0.2, 0) is 4.79 Å². The molecule has 1 fully saturated rings. The van der Waals surface area contributed by atoms with Gasteiger partial charge in [-0.15, -0.1) is 0 Å². The van der Waals surface area contributed by atoms with E-state index in [1.807, 2.05) is 0 Å². The zero-order chi connectivity index (χ0) is 10.4. The smallest absolute Gasteiger partial charge is 0.224 e. The van der Waals surface area contributed by atoms with Crippen molar-refractivity contribution in [1.82, 2.24) is 15.5 Å². The number of hydrogen-bond acceptors (Lipinski definition) is 4. The van der Waals surface area contributed by atoms with Crippen molar-refractivity contribution in [3.63, 3.8) is 0 Å². The molecule has 0 aliphatic carbocycles. The van der Waals surface area contributed by atoms with Gasteiger partial charge in [0.2, 0.25) is 5.91 Å². The van der Waals surface area contributed by atoms with Crippen molar-refractivity contribution in [2.45, 2.75) is 6.42 Å². The Kier molecular flexibility index (Phi) is 4.18. The number of carbonyl (C=O) groups excluding carboxylic acids is 2. The highest BCUT2D eigenvalue weighted by Gasteiger charge is 2.14. The maximum Gasteiger partial charge on any atom is 0.224 e. The normalized spacial score (nSPS) is 16.4. The zero-order valence-electron chi connectivity index (χ0n) is 7.91. The van der Waals surface area contributed by atoms with Gasteiger partial charge >= 0.3 is 0 Å². The van der Waals surface area contributed by atoms with Crippen LogP contribution in [0.15, 0.2) is 0 Å². The van der Waals surface area contributed by atoms with Crippen LogP contribution in [-0.4, -0.2) is 49.6 Å². The van der Waals surface area contributed by atoms with Crippen LogP contribution in [0.2, 0.25) is 0 Å². The fraction of sp³-hybridized carbons (Fsp3) is 0.750. The lowest BCUT2D eigenvalue weighted by Gasteiger charge is -2.27. The fourth-order valence-corrected chi connectivity index (χ4v) is 1.34. The van der Waals surface area contributed by atoms with E-state index in [1.165, 1.54) is 0 Å². The highest BCUT2D eigenvalue weighted by atomic mass is 16.4. The van der Waals surface area contributed by atoms with Gasteiger partial charge in [-0.05, 0) is 0 Å². The summed E-state index contributed by atoms with van der Waals surface area (Å²) in [5.74, 6) is -0.0137. The predicted octanol–water partition coefficient (Wildman–Crippen LogP) is -2.26. The number of nitrogens with zero attached hydrogens (tertiary/aromatic N) is 1. The average molecular weight is 200 g/mol. The molecule has 2 amide bonds. The maximum atomic E-state index is 11.4. The Morgan fingerprint density at radius 3 is 2.57 bits per heavy atom. The van der Waals surface area contributed by atoms with E-state index in [2.05, 4.69) is 10.6 Å². The molecule has 1 aliphatic rings. The first-order valence-corrected chi connectivity index (χ1v) is 4.63. The highest BCUT2D eigenvalue weighted by Crippen LogP contribution is 1.95. The molecule has 0 bridgehead atoms. The number of piperazine rings is 1. The van der Waals surface area contributed by atoms with Crippen LogP contribution >= 0.6 is 0 Å². The second kappa shape index (κ2) is 5.43. The van der Waals surface area contributed by atoms with Gasteiger partial charge < -0.3 is 25.4 Å². The summed E-state index contributed by atoms with van der Waals surface area (Å²) in [6.07, 6.45) is -1.13. The van der Waals surface area contributed by atoms with E-state index in [4.69, 9.17) is 0 Å². The molecule has 6 heteroatoms. The molecule has 80 valence electrons. The van der Waals surface area contributed by atoms with Crippen LogP contribution in [0, 0.1) is 0 Å². The van der Waals surface area contributed by atoms with Crippen LogP contribution in [0.25, 0.3) is 0 Å². The van der Waals surface area contributed by atoms with E-state index in [-0.39, 0.29) is 18.9 Å². The third kappa shape index (κ3) is 3.61. The number of rotatable bonds is 3. The topological polar surface area (TPSA) is 84.5 Å². The number of amides is 2. The Morgan fingerprint density at radius 2 is 2.00 bits per heavy atom. The molecule has 1 heterocycles. The van der Waals surface area contributed by atoms with Crippen molar-refractivity contribution in [3.05, 3.63) is 0 Å². The van der Waals surface area contributed by atoms with E-state index < -0.39 is 6.09 Å². The standard InChI is InChI=1S/C8H15N3O3/c12-7(1-2-10-8(13)14)11-5-3-9-4-6-11/h9-10H,1-6H2,(H,13,14)/p-1. The third-order valence-corrected chi connectivity index (χ3v) is 2.08. The largest absolute Gasteiger partial charge is 0.530 e. The lowest BCUT2D eigenvalue weighted by atomic mass is 10.3. The minimum atomic E-state index is -1.34. The van der Waals surface area contributed by atoms with Crippen LogP contribution in [0.3, 0.4) is 0 Å². The van der Waals surface area contributed by atoms with Gasteiger partial charge in [-0.25, -0.2) is 0 Å². The molecule has 0 spiro atoms. The Labute approximate surface area is 82.3 Å². The van der Waals surface area contributed by atoms with Crippen LogP contribution in [0.4, 0.5) is 4.79 Å². The summed E-state index contributed by atoms with van der Waals surface area (Å²) in [6.45, 7) is 3.14. The van der Waals surface area contributed by atoms with Crippen molar-refractivity contribution in [2.75, 3.05) is 32.7 Å². The quantitative estimate of drug-likeness (QED) is 0.538. The number of carboxylic acid groups (broad SMARTS) is 1. The Balaban J connectivity index is 2.16. The summed E-state index contributed by atoms with van der Waals surface area (Å²) in [6, 6.07) is 0. The Bertz CT molecular complexity index is 214. The molecule has 1 rings (SSSR count). The summed E-state index contributed by atoms with van der Waals surface area (Å²) in [5.41, 5.74) is 0. The first kappa shape index (κ1) is 10.8. The van der Waals surface area contributed by atoms with Crippen LogP contribution < -0.4 is 15.7 Å². The Morgan fingerprint density at radius 1 is 1.36 bits per heavy atom. The van der Waals surface area contributed by atoms with Crippen molar-refractivity contribution < 1.29 is 14.7 Å². The highest BCUT2D eigenvalue weighted by molar-refractivity contribution is 5.77. The number of nitrogens with one attached hydrogen (secondary N) is 2. The van der Waals surface area contributed by atoms with Crippen molar-refractivity contribution in [2.24, 2.45) is 0 Å². The molecule has 2 N–H and O–H groups in total. The fourth-order valence-electron chi connectivity index (χ4n) is 1.34. The molecule has 0 aromatic carbocycles. The minimum absolute atomic E-state index is 0.0137. The van der Waals surface area contributed by atoms with E-state index in [1.54, 1.807) is 4.90 Å². The molecule has 1 saturated heterocycles. The van der Waals surface area contributed by atoms with Gasteiger partial charge in [0.25, 0.3) is 0 Å². The predicted molar refractivity (Wildman–Crippen MR) is 47.5 cm³/mol. The molecule has 0 aromatic rings. The van der Waals surface area contributed by atoms with Crippen molar-refractivity contribution in [3.8, 4) is 0 Å².